The molecule has 0 heterocycles. The largest absolute Gasteiger partial charge is 0.379 e. The lowest BCUT2D eigenvalue weighted by Gasteiger charge is -2.07. The van der Waals surface area contributed by atoms with Crippen LogP contribution < -0.4 is 4.18 Å². The van der Waals surface area contributed by atoms with Gasteiger partial charge in [0.15, 0.2) is 5.78 Å². The summed E-state index contributed by atoms with van der Waals surface area (Å²) in [5.74, 6) is -0.0769. The standard InChI is InChI=1S/C14H11ClO4S/c1-10(16)11-3-2-4-13(9-11)19-20(17,18)14-7-5-12(15)6-8-14/h2-9H,1H3. The number of Topliss-reactive ketones (excluding diaryl/α,β-unsaturated/α-hetero) is 1. The van der Waals surface area contributed by atoms with Gasteiger partial charge in [-0.25, -0.2) is 0 Å². The molecule has 0 spiro atoms. The van der Waals surface area contributed by atoms with Gasteiger partial charge in [-0.3, -0.25) is 4.79 Å². The number of carbonyl (C=O) groups excluding carboxylic acids is 1. The topological polar surface area (TPSA) is 60.4 Å². The maximum Gasteiger partial charge on any atom is 0.339 e. The van der Waals surface area contributed by atoms with E-state index < -0.39 is 10.1 Å². The first-order valence-corrected chi connectivity index (χ1v) is 7.48. The molecular weight excluding hydrogens is 300 g/mol. The Morgan fingerprint density at radius 1 is 1.10 bits per heavy atom. The lowest BCUT2D eigenvalue weighted by molar-refractivity contribution is 0.101. The van der Waals surface area contributed by atoms with Gasteiger partial charge in [0.1, 0.15) is 10.6 Å². The van der Waals surface area contributed by atoms with Gasteiger partial charge in [-0.05, 0) is 43.3 Å². The molecule has 2 aromatic carbocycles. The van der Waals surface area contributed by atoms with Crippen LogP contribution >= 0.6 is 11.6 Å². The Bertz CT molecular complexity index is 736. The summed E-state index contributed by atoms with van der Waals surface area (Å²) in [6.07, 6.45) is 0. The van der Waals surface area contributed by atoms with Crippen LogP contribution in [-0.4, -0.2) is 14.2 Å². The predicted molar refractivity (Wildman–Crippen MR) is 75.7 cm³/mol. The molecule has 0 unspecified atom stereocenters. The number of hydrogen-bond acceptors (Lipinski definition) is 4. The highest BCUT2D eigenvalue weighted by Gasteiger charge is 2.16. The molecule has 0 radical (unpaired) electrons. The lowest BCUT2D eigenvalue weighted by Crippen LogP contribution is -2.10. The Morgan fingerprint density at radius 3 is 2.35 bits per heavy atom. The summed E-state index contributed by atoms with van der Waals surface area (Å²) in [6.45, 7) is 1.40. The summed E-state index contributed by atoms with van der Waals surface area (Å²) in [7, 11) is -3.94. The van der Waals surface area contributed by atoms with Gasteiger partial charge < -0.3 is 4.18 Å². The molecule has 0 saturated carbocycles. The Morgan fingerprint density at radius 2 is 1.75 bits per heavy atom. The molecule has 104 valence electrons. The second-order valence-electron chi connectivity index (χ2n) is 4.08. The molecule has 2 rings (SSSR count). The zero-order chi connectivity index (χ0) is 14.8. The first kappa shape index (κ1) is 14.6. The van der Waals surface area contributed by atoms with Crippen LogP contribution in [-0.2, 0) is 10.1 Å². The van der Waals surface area contributed by atoms with Gasteiger partial charge in [-0.2, -0.15) is 8.42 Å². The summed E-state index contributed by atoms with van der Waals surface area (Å²) in [5.41, 5.74) is 0.383. The second-order valence-corrected chi connectivity index (χ2v) is 6.06. The van der Waals surface area contributed by atoms with Crippen molar-refractivity contribution in [1.82, 2.24) is 0 Å². The average Bonchev–Trinajstić information content (AvgIpc) is 2.39. The number of rotatable bonds is 4. The van der Waals surface area contributed by atoms with E-state index >= 15 is 0 Å². The van der Waals surface area contributed by atoms with E-state index in [9.17, 15) is 13.2 Å². The summed E-state index contributed by atoms with van der Waals surface area (Å²) in [4.78, 5) is 11.2. The number of carbonyl (C=O) groups is 1. The minimum atomic E-state index is -3.94. The first-order chi connectivity index (χ1) is 9.38. The predicted octanol–water partition coefficient (Wildman–Crippen LogP) is 3.31. The molecule has 0 saturated heterocycles. The highest BCUT2D eigenvalue weighted by molar-refractivity contribution is 7.87. The van der Waals surface area contributed by atoms with Gasteiger partial charge in [-0.1, -0.05) is 23.7 Å². The van der Waals surface area contributed by atoms with Gasteiger partial charge in [0.2, 0.25) is 0 Å². The minimum absolute atomic E-state index is 0.00451. The zero-order valence-electron chi connectivity index (χ0n) is 10.5. The van der Waals surface area contributed by atoms with E-state index in [1.54, 1.807) is 12.1 Å². The van der Waals surface area contributed by atoms with Crippen LogP contribution in [0.2, 0.25) is 5.02 Å². The van der Waals surface area contributed by atoms with Crippen molar-refractivity contribution < 1.29 is 17.4 Å². The van der Waals surface area contributed by atoms with Crippen molar-refractivity contribution in [3.8, 4) is 5.75 Å². The van der Waals surface area contributed by atoms with Crippen molar-refractivity contribution in [2.45, 2.75) is 11.8 Å². The molecule has 0 aliphatic heterocycles. The molecule has 0 aromatic heterocycles. The molecule has 20 heavy (non-hydrogen) atoms. The Balaban J connectivity index is 2.31. The van der Waals surface area contributed by atoms with Gasteiger partial charge in [0, 0.05) is 10.6 Å². The van der Waals surface area contributed by atoms with Crippen LogP contribution in [0.5, 0.6) is 5.75 Å². The third-order valence-corrected chi connectivity index (χ3v) is 4.06. The van der Waals surface area contributed by atoms with Crippen molar-refractivity contribution in [2.24, 2.45) is 0 Å². The van der Waals surface area contributed by atoms with Crippen molar-refractivity contribution in [2.75, 3.05) is 0 Å². The number of benzene rings is 2. The Kier molecular flexibility index (Phi) is 4.11. The summed E-state index contributed by atoms with van der Waals surface area (Å²) >= 11 is 5.70. The van der Waals surface area contributed by atoms with Gasteiger partial charge in [0.05, 0.1) is 0 Å². The van der Waals surface area contributed by atoms with E-state index in [1.165, 1.54) is 43.3 Å². The van der Waals surface area contributed by atoms with E-state index in [4.69, 9.17) is 15.8 Å². The molecule has 4 nitrogen and oxygen atoms in total. The molecule has 0 aliphatic carbocycles. The van der Waals surface area contributed by atoms with Crippen molar-refractivity contribution >= 4 is 27.5 Å². The first-order valence-electron chi connectivity index (χ1n) is 5.69. The fraction of sp³-hybridized carbons (Fsp3) is 0.0714. The molecule has 0 atom stereocenters. The SMILES string of the molecule is CC(=O)c1cccc(OS(=O)(=O)c2ccc(Cl)cc2)c1. The average molecular weight is 311 g/mol. The molecule has 0 fully saturated rings. The molecule has 0 bridgehead atoms. The zero-order valence-corrected chi connectivity index (χ0v) is 12.1. The van der Waals surface area contributed by atoms with E-state index in [2.05, 4.69) is 0 Å². The monoisotopic (exact) mass is 310 g/mol. The van der Waals surface area contributed by atoms with Gasteiger partial charge >= 0.3 is 10.1 Å². The molecule has 0 N–H and O–H groups in total. The molecule has 6 heteroatoms. The van der Waals surface area contributed by atoms with E-state index in [0.717, 1.165) is 0 Å². The Hall–Kier alpha value is -1.85. The quantitative estimate of drug-likeness (QED) is 0.642. The smallest absolute Gasteiger partial charge is 0.339 e. The highest BCUT2D eigenvalue weighted by atomic mass is 35.5. The third kappa shape index (κ3) is 3.37. The van der Waals surface area contributed by atoms with Gasteiger partial charge in [0.25, 0.3) is 0 Å². The molecular formula is C14H11ClO4S. The van der Waals surface area contributed by atoms with Crippen molar-refractivity contribution in [1.29, 1.82) is 0 Å². The highest BCUT2D eigenvalue weighted by Crippen LogP contribution is 2.21. The maximum atomic E-state index is 12.0. The van der Waals surface area contributed by atoms with Crippen LogP contribution in [0.3, 0.4) is 0 Å². The van der Waals surface area contributed by atoms with Crippen LogP contribution in [0.1, 0.15) is 17.3 Å². The minimum Gasteiger partial charge on any atom is -0.379 e. The van der Waals surface area contributed by atoms with Crippen LogP contribution in [0.25, 0.3) is 0 Å². The van der Waals surface area contributed by atoms with Crippen LogP contribution in [0.15, 0.2) is 53.4 Å². The van der Waals surface area contributed by atoms with Crippen LogP contribution in [0.4, 0.5) is 0 Å². The fourth-order valence-corrected chi connectivity index (χ4v) is 2.59. The van der Waals surface area contributed by atoms with E-state index in [1.807, 2.05) is 0 Å². The number of hydrogen-bond donors (Lipinski definition) is 0. The summed E-state index contributed by atoms with van der Waals surface area (Å²) in [5, 5.41) is 0.433. The number of halogens is 1. The fourth-order valence-electron chi connectivity index (χ4n) is 1.54. The normalized spacial score (nSPS) is 11.1. The lowest BCUT2D eigenvalue weighted by atomic mass is 10.1. The second kappa shape index (κ2) is 5.64. The third-order valence-electron chi connectivity index (χ3n) is 2.55. The molecule has 0 amide bonds. The van der Waals surface area contributed by atoms with Crippen molar-refractivity contribution in [3.63, 3.8) is 0 Å². The van der Waals surface area contributed by atoms with Gasteiger partial charge in [-0.15, -0.1) is 0 Å². The summed E-state index contributed by atoms with van der Waals surface area (Å²) < 4.78 is 29.1. The molecule has 0 aliphatic rings. The van der Waals surface area contributed by atoms with E-state index in [-0.39, 0.29) is 16.4 Å². The Labute approximate surface area is 122 Å². The maximum absolute atomic E-state index is 12.0. The van der Waals surface area contributed by atoms with E-state index in [0.29, 0.717) is 10.6 Å². The summed E-state index contributed by atoms with van der Waals surface area (Å²) in [6, 6.07) is 11.6. The van der Waals surface area contributed by atoms with Crippen LogP contribution in [0, 0.1) is 0 Å². The van der Waals surface area contributed by atoms with Crippen molar-refractivity contribution in [3.05, 3.63) is 59.1 Å². The number of ketones is 1. The molecule has 2 aromatic rings.